The number of ketones is 1. The van der Waals surface area contributed by atoms with E-state index in [0.717, 1.165) is 6.42 Å². The molecule has 0 aromatic heterocycles. The highest BCUT2D eigenvalue weighted by Gasteiger charge is 2.36. The minimum Gasteiger partial charge on any atom is -0.344 e. The molecule has 0 aromatic carbocycles. The van der Waals surface area contributed by atoms with Gasteiger partial charge in [-0.2, -0.15) is 0 Å². The summed E-state index contributed by atoms with van der Waals surface area (Å²) in [6, 6.07) is 0. The Labute approximate surface area is 66.7 Å². The number of rotatable bonds is 1. The second kappa shape index (κ2) is 2.91. The fourth-order valence-corrected chi connectivity index (χ4v) is 1.08. The molecule has 0 bridgehead atoms. The molecule has 3 nitrogen and oxygen atoms in total. The van der Waals surface area contributed by atoms with E-state index < -0.39 is 5.79 Å². The highest BCUT2D eigenvalue weighted by molar-refractivity contribution is 5.83. The molecular weight excluding hydrogens is 144 g/mol. The maximum absolute atomic E-state index is 11.0. The monoisotopic (exact) mass is 158 g/mol. The Balaban J connectivity index is 2.63. The molecular formula is C8H14O3. The second-order valence-electron chi connectivity index (χ2n) is 3.07. The smallest absolute Gasteiger partial charge is 0.225 e. The molecule has 0 spiro atoms. The van der Waals surface area contributed by atoms with Gasteiger partial charge in [-0.05, 0) is 20.3 Å². The SMILES string of the molecule is CC(=O)[C@]1(C)OCC[C@H](C)O1. The lowest BCUT2D eigenvalue weighted by Gasteiger charge is -2.35. The second-order valence-corrected chi connectivity index (χ2v) is 3.07. The molecule has 0 radical (unpaired) electrons. The van der Waals surface area contributed by atoms with Crippen LogP contribution >= 0.6 is 0 Å². The van der Waals surface area contributed by atoms with Crippen molar-refractivity contribution in [1.82, 2.24) is 0 Å². The number of carbonyl (C=O) groups excluding carboxylic acids is 1. The number of hydrogen-bond donors (Lipinski definition) is 0. The van der Waals surface area contributed by atoms with E-state index in [1.807, 2.05) is 6.92 Å². The molecule has 0 amide bonds. The van der Waals surface area contributed by atoms with Crippen molar-refractivity contribution in [2.45, 2.75) is 39.1 Å². The van der Waals surface area contributed by atoms with Crippen LogP contribution in [0.2, 0.25) is 0 Å². The van der Waals surface area contributed by atoms with Gasteiger partial charge in [0, 0.05) is 6.92 Å². The molecule has 1 aliphatic rings. The van der Waals surface area contributed by atoms with Gasteiger partial charge in [0.2, 0.25) is 5.79 Å². The van der Waals surface area contributed by atoms with Gasteiger partial charge in [0.15, 0.2) is 5.78 Å². The summed E-state index contributed by atoms with van der Waals surface area (Å²) in [4.78, 5) is 11.0. The molecule has 1 rings (SSSR count). The van der Waals surface area contributed by atoms with Gasteiger partial charge in [-0.3, -0.25) is 4.79 Å². The first-order chi connectivity index (χ1) is 5.04. The van der Waals surface area contributed by atoms with Gasteiger partial charge >= 0.3 is 0 Å². The van der Waals surface area contributed by atoms with Gasteiger partial charge < -0.3 is 9.47 Å². The first kappa shape index (κ1) is 8.68. The normalized spacial score (nSPS) is 38.6. The predicted octanol–water partition coefficient (Wildman–Crippen LogP) is 1.12. The minimum atomic E-state index is -0.988. The summed E-state index contributed by atoms with van der Waals surface area (Å²) in [6.45, 7) is 5.71. The third kappa shape index (κ3) is 1.79. The molecule has 0 aromatic rings. The van der Waals surface area contributed by atoms with Crippen LogP contribution in [0.1, 0.15) is 27.2 Å². The summed E-state index contributed by atoms with van der Waals surface area (Å²) < 4.78 is 10.6. The van der Waals surface area contributed by atoms with Crippen molar-refractivity contribution < 1.29 is 14.3 Å². The fraction of sp³-hybridized carbons (Fsp3) is 0.875. The third-order valence-corrected chi connectivity index (χ3v) is 1.97. The van der Waals surface area contributed by atoms with Crippen molar-refractivity contribution in [1.29, 1.82) is 0 Å². The van der Waals surface area contributed by atoms with E-state index in [1.165, 1.54) is 6.92 Å². The molecule has 0 saturated carbocycles. The first-order valence-electron chi connectivity index (χ1n) is 3.87. The molecule has 1 fully saturated rings. The van der Waals surface area contributed by atoms with E-state index >= 15 is 0 Å². The topological polar surface area (TPSA) is 35.5 Å². The highest BCUT2D eigenvalue weighted by Crippen LogP contribution is 2.22. The van der Waals surface area contributed by atoms with Crippen LogP contribution in [0, 0.1) is 0 Å². The van der Waals surface area contributed by atoms with Gasteiger partial charge in [0.05, 0.1) is 12.7 Å². The van der Waals surface area contributed by atoms with Crippen molar-refractivity contribution >= 4 is 5.78 Å². The van der Waals surface area contributed by atoms with Gasteiger partial charge in [0.1, 0.15) is 0 Å². The van der Waals surface area contributed by atoms with Crippen LogP contribution < -0.4 is 0 Å². The molecule has 64 valence electrons. The predicted molar refractivity (Wildman–Crippen MR) is 40.2 cm³/mol. The van der Waals surface area contributed by atoms with Gasteiger partial charge in [0.25, 0.3) is 0 Å². The maximum atomic E-state index is 11.0. The fourth-order valence-electron chi connectivity index (χ4n) is 1.08. The van der Waals surface area contributed by atoms with Crippen molar-refractivity contribution in [2.24, 2.45) is 0 Å². The van der Waals surface area contributed by atoms with Crippen LogP contribution in [0.15, 0.2) is 0 Å². The Morgan fingerprint density at radius 3 is 2.64 bits per heavy atom. The lowest BCUT2D eigenvalue weighted by molar-refractivity contribution is -0.263. The van der Waals surface area contributed by atoms with E-state index in [2.05, 4.69) is 0 Å². The minimum absolute atomic E-state index is 0.0657. The van der Waals surface area contributed by atoms with Gasteiger partial charge in [-0.1, -0.05) is 0 Å². The largest absolute Gasteiger partial charge is 0.344 e. The summed E-state index contributed by atoms with van der Waals surface area (Å²) in [5.74, 6) is -1.05. The summed E-state index contributed by atoms with van der Waals surface area (Å²) in [7, 11) is 0. The molecule has 0 unspecified atom stereocenters. The van der Waals surface area contributed by atoms with Crippen LogP contribution in [-0.4, -0.2) is 24.3 Å². The average Bonchev–Trinajstić information content (AvgIpc) is 1.86. The van der Waals surface area contributed by atoms with E-state index in [9.17, 15) is 4.79 Å². The van der Waals surface area contributed by atoms with Crippen molar-refractivity contribution in [3.8, 4) is 0 Å². The third-order valence-electron chi connectivity index (χ3n) is 1.97. The van der Waals surface area contributed by atoms with Crippen molar-refractivity contribution in [3.63, 3.8) is 0 Å². The zero-order chi connectivity index (χ0) is 8.48. The Kier molecular flexibility index (Phi) is 2.30. The Hall–Kier alpha value is -0.410. The van der Waals surface area contributed by atoms with Crippen LogP contribution in [0.25, 0.3) is 0 Å². The lowest BCUT2D eigenvalue weighted by Crippen LogP contribution is -2.46. The van der Waals surface area contributed by atoms with Crippen molar-refractivity contribution in [3.05, 3.63) is 0 Å². The Bertz CT molecular complexity index is 167. The zero-order valence-corrected chi connectivity index (χ0v) is 7.22. The van der Waals surface area contributed by atoms with Crippen LogP contribution in [0.4, 0.5) is 0 Å². The highest BCUT2D eigenvalue weighted by atomic mass is 16.7. The Morgan fingerprint density at radius 1 is 1.64 bits per heavy atom. The summed E-state index contributed by atoms with van der Waals surface area (Å²) in [5, 5.41) is 0. The van der Waals surface area contributed by atoms with E-state index in [4.69, 9.17) is 9.47 Å². The summed E-state index contributed by atoms with van der Waals surface area (Å²) >= 11 is 0. The molecule has 0 aliphatic carbocycles. The van der Waals surface area contributed by atoms with Crippen LogP contribution in [0.3, 0.4) is 0 Å². The molecule has 1 heterocycles. The lowest BCUT2D eigenvalue weighted by atomic mass is 10.1. The number of ether oxygens (including phenoxy) is 2. The van der Waals surface area contributed by atoms with E-state index in [0.29, 0.717) is 6.61 Å². The van der Waals surface area contributed by atoms with Gasteiger partial charge in [-0.15, -0.1) is 0 Å². The first-order valence-corrected chi connectivity index (χ1v) is 3.87. The average molecular weight is 158 g/mol. The van der Waals surface area contributed by atoms with E-state index in [1.54, 1.807) is 6.92 Å². The molecule has 0 N–H and O–H groups in total. The molecule has 1 saturated heterocycles. The van der Waals surface area contributed by atoms with Crippen LogP contribution in [-0.2, 0) is 14.3 Å². The summed E-state index contributed by atoms with van der Waals surface area (Å²) in [6.07, 6.45) is 0.987. The molecule has 11 heavy (non-hydrogen) atoms. The van der Waals surface area contributed by atoms with E-state index in [-0.39, 0.29) is 11.9 Å². The quantitative estimate of drug-likeness (QED) is 0.573. The molecule has 1 aliphatic heterocycles. The number of Topliss-reactive ketones (excluding diaryl/α,β-unsaturated/α-hetero) is 1. The zero-order valence-electron chi connectivity index (χ0n) is 7.22. The Morgan fingerprint density at radius 2 is 2.27 bits per heavy atom. The number of hydrogen-bond acceptors (Lipinski definition) is 3. The molecule has 3 heteroatoms. The van der Waals surface area contributed by atoms with Gasteiger partial charge in [-0.25, -0.2) is 0 Å². The maximum Gasteiger partial charge on any atom is 0.225 e. The molecule has 2 atom stereocenters. The summed E-state index contributed by atoms with van der Waals surface area (Å²) in [5.41, 5.74) is 0. The standard InChI is InChI=1S/C8H14O3/c1-6-4-5-10-8(3,11-6)7(2)9/h6H,4-5H2,1-3H3/t6-,8+/m0/s1. The number of carbonyl (C=O) groups is 1. The van der Waals surface area contributed by atoms with Crippen molar-refractivity contribution in [2.75, 3.05) is 6.61 Å². The van der Waals surface area contributed by atoms with Crippen LogP contribution in [0.5, 0.6) is 0 Å².